The zero-order valence-corrected chi connectivity index (χ0v) is 17.9. The Balaban J connectivity index is 1.37. The van der Waals surface area contributed by atoms with Gasteiger partial charge < -0.3 is 15.5 Å². The van der Waals surface area contributed by atoms with Gasteiger partial charge in [-0.2, -0.15) is 0 Å². The Bertz CT molecular complexity index is 984. The van der Waals surface area contributed by atoms with Gasteiger partial charge in [0.25, 0.3) is 0 Å². The minimum Gasteiger partial charge on any atom is -0.397 e. The van der Waals surface area contributed by atoms with E-state index in [1.165, 1.54) is 19.3 Å². The number of rotatable bonds is 2. The van der Waals surface area contributed by atoms with Gasteiger partial charge in [-0.25, -0.2) is 0 Å². The highest BCUT2D eigenvalue weighted by Crippen LogP contribution is 2.61. The van der Waals surface area contributed by atoms with Gasteiger partial charge in [-0.3, -0.25) is 4.79 Å². The molecule has 156 valence electrons. The third-order valence-corrected chi connectivity index (χ3v) is 8.27. The third-order valence-electron chi connectivity index (χ3n) is 8.03. The van der Waals surface area contributed by atoms with Crippen molar-refractivity contribution in [2.75, 3.05) is 28.6 Å². The minimum absolute atomic E-state index is 0.126. The van der Waals surface area contributed by atoms with E-state index in [0.717, 1.165) is 60.6 Å². The van der Waals surface area contributed by atoms with Crippen molar-refractivity contribution in [3.05, 3.63) is 47.5 Å². The van der Waals surface area contributed by atoms with Gasteiger partial charge in [0.15, 0.2) is 0 Å². The molecule has 1 amide bonds. The van der Waals surface area contributed by atoms with Crippen molar-refractivity contribution in [1.82, 2.24) is 0 Å². The summed E-state index contributed by atoms with van der Waals surface area (Å²) in [5.41, 5.74) is 9.83. The fourth-order valence-corrected chi connectivity index (χ4v) is 7.40. The summed E-state index contributed by atoms with van der Waals surface area (Å²) in [6, 6.07) is 13.8. The lowest BCUT2D eigenvalue weighted by Crippen LogP contribution is -2.56. The highest BCUT2D eigenvalue weighted by atomic mass is 35.5. The Morgan fingerprint density at radius 2 is 1.53 bits per heavy atom. The number of carbonyl (C=O) groups excluding carboxylic acids is 1. The number of amides is 1. The molecule has 7 rings (SSSR count). The highest BCUT2D eigenvalue weighted by molar-refractivity contribution is 6.31. The zero-order valence-electron chi connectivity index (χ0n) is 17.2. The van der Waals surface area contributed by atoms with E-state index in [0.29, 0.717) is 23.2 Å². The summed E-state index contributed by atoms with van der Waals surface area (Å²) in [6.07, 6.45) is 7.35. The lowest BCUT2D eigenvalue weighted by molar-refractivity contribution is -0.143. The molecular formula is C25H28ClN3O. The number of hydrogen-bond donors (Lipinski definition) is 1. The molecule has 0 radical (unpaired) electrons. The molecule has 0 saturated heterocycles. The van der Waals surface area contributed by atoms with E-state index in [4.69, 9.17) is 17.3 Å². The van der Waals surface area contributed by atoms with Crippen LogP contribution in [0.25, 0.3) is 0 Å². The van der Waals surface area contributed by atoms with Crippen LogP contribution in [0, 0.1) is 23.2 Å². The van der Waals surface area contributed by atoms with Crippen LogP contribution in [0.4, 0.5) is 22.7 Å². The predicted octanol–water partition coefficient (Wildman–Crippen LogP) is 5.62. The summed E-state index contributed by atoms with van der Waals surface area (Å²) >= 11 is 6.27. The van der Waals surface area contributed by atoms with Gasteiger partial charge in [0.05, 0.1) is 28.2 Å². The second-order valence-corrected chi connectivity index (χ2v) is 10.4. The molecule has 4 bridgehead atoms. The number of fused-ring (bicyclic) bond motifs is 1. The number of nitrogen functional groups attached to an aromatic ring is 1. The molecule has 1 aliphatic heterocycles. The van der Waals surface area contributed by atoms with Crippen molar-refractivity contribution in [1.29, 1.82) is 0 Å². The van der Waals surface area contributed by atoms with E-state index in [2.05, 4.69) is 21.9 Å². The molecule has 0 unspecified atom stereocenters. The average molecular weight is 422 g/mol. The molecule has 4 aliphatic carbocycles. The monoisotopic (exact) mass is 421 g/mol. The smallest absolute Gasteiger partial charge is 0.233 e. The van der Waals surface area contributed by atoms with Gasteiger partial charge in [-0.1, -0.05) is 23.7 Å². The zero-order chi connectivity index (χ0) is 20.5. The van der Waals surface area contributed by atoms with E-state index in [-0.39, 0.29) is 5.41 Å². The lowest BCUT2D eigenvalue weighted by atomic mass is 9.49. The van der Waals surface area contributed by atoms with Crippen LogP contribution in [0.15, 0.2) is 42.5 Å². The maximum absolute atomic E-state index is 14.0. The van der Waals surface area contributed by atoms with Crippen LogP contribution in [0.3, 0.4) is 0 Å². The molecule has 5 heteroatoms. The quantitative estimate of drug-likeness (QED) is 0.640. The van der Waals surface area contributed by atoms with E-state index in [9.17, 15) is 4.79 Å². The number of nitrogens with zero attached hydrogens (tertiary/aromatic N) is 2. The minimum atomic E-state index is -0.126. The van der Waals surface area contributed by atoms with Crippen LogP contribution in [0.1, 0.15) is 38.5 Å². The van der Waals surface area contributed by atoms with Crippen LogP contribution in [0.2, 0.25) is 5.02 Å². The maximum Gasteiger partial charge on any atom is 0.233 e. The van der Waals surface area contributed by atoms with Gasteiger partial charge in [0.2, 0.25) is 5.91 Å². The highest BCUT2D eigenvalue weighted by Gasteiger charge is 2.56. The first kappa shape index (κ1) is 18.6. The Hall–Kier alpha value is -2.20. The second kappa shape index (κ2) is 6.65. The molecule has 4 saturated carbocycles. The summed E-state index contributed by atoms with van der Waals surface area (Å²) < 4.78 is 0. The number of halogens is 1. The van der Waals surface area contributed by atoms with Crippen LogP contribution >= 0.6 is 11.6 Å². The van der Waals surface area contributed by atoms with Gasteiger partial charge in [-0.05, 0) is 86.6 Å². The molecule has 2 aromatic rings. The first-order chi connectivity index (χ1) is 14.5. The molecule has 0 atom stereocenters. The van der Waals surface area contributed by atoms with Gasteiger partial charge in [-0.15, -0.1) is 0 Å². The molecule has 1 heterocycles. The molecule has 4 fully saturated rings. The maximum atomic E-state index is 14.0. The van der Waals surface area contributed by atoms with E-state index in [1.54, 1.807) is 0 Å². The Kier molecular flexibility index (Phi) is 4.11. The van der Waals surface area contributed by atoms with Gasteiger partial charge in [0.1, 0.15) is 0 Å². The summed E-state index contributed by atoms with van der Waals surface area (Å²) in [5.74, 6) is 2.67. The summed E-state index contributed by atoms with van der Waals surface area (Å²) in [5, 5.41) is 0.670. The number of hydrogen-bond acceptors (Lipinski definition) is 3. The molecule has 0 aromatic heterocycles. The van der Waals surface area contributed by atoms with Gasteiger partial charge >= 0.3 is 0 Å². The standard InChI is InChI=1S/C25H28ClN3O/c26-19-5-6-20(27)23(12-19)28-7-8-29(22-4-2-1-3-21(22)28)24(30)25-13-16-9-17(14-25)11-18(10-16)15-25/h1-6,12,16-18H,7-11,13-15,27H2. The molecule has 30 heavy (non-hydrogen) atoms. The summed E-state index contributed by atoms with van der Waals surface area (Å²) in [6.45, 7) is 1.41. The van der Waals surface area contributed by atoms with E-state index >= 15 is 0 Å². The fraction of sp³-hybridized carbons (Fsp3) is 0.480. The second-order valence-electron chi connectivity index (χ2n) is 10.00. The molecule has 0 spiro atoms. The Morgan fingerprint density at radius 1 is 0.900 bits per heavy atom. The molecule has 5 aliphatic rings. The average Bonchev–Trinajstić information content (AvgIpc) is 2.73. The molecule has 2 aromatic carbocycles. The van der Waals surface area contributed by atoms with Crippen LogP contribution in [-0.2, 0) is 4.79 Å². The number of carbonyl (C=O) groups is 1. The largest absolute Gasteiger partial charge is 0.397 e. The summed E-state index contributed by atoms with van der Waals surface area (Å²) in [7, 11) is 0. The normalized spacial score (nSPS) is 31.7. The number of nitrogens with two attached hydrogens (primary N) is 1. The SMILES string of the molecule is Nc1ccc(Cl)cc1N1CCN(C(=O)C23CC4CC(CC(C4)C2)C3)c2ccccc21. The van der Waals surface area contributed by atoms with Crippen LogP contribution < -0.4 is 15.5 Å². The van der Waals surface area contributed by atoms with E-state index in [1.807, 2.05) is 30.3 Å². The number of anilines is 4. The predicted molar refractivity (Wildman–Crippen MR) is 122 cm³/mol. The van der Waals surface area contributed by atoms with Crippen molar-refractivity contribution in [3.63, 3.8) is 0 Å². The van der Waals surface area contributed by atoms with Crippen molar-refractivity contribution < 1.29 is 4.79 Å². The fourth-order valence-electron chi connectivity index (χ4n) is 7.23. The van der Waals surface area contributed by atoms with Gasteiger partial charge in [0, 0.05) is 18.1 Å². The van der Waals surface area contributed by atoms with E-state index < -0.39 is 0 Å². The number of benzene rings is 2. The lowest BCUT2D eigenvalue weighted by Gasteiger charge is -2.57. The Labute approximate surface area is 183 Å². The van der Waals surface area contributed by atoms with Crippen LogP contribution in [0.5, 0.6) is 0 Å². The number of para-hydroxylation sites is 2. The third kappa shape index (κ3) is 2.76. The first-order valence-corrected chi connectivity index (χ1v) is 11.6. The molecule has 4 nitrogen and oxygen atoms in total. The molecular weight excluding hydrogens is 394 g/mol. The van der Waals surface area contributed by atoms with Crippen molar-refractivity contribution in [2.45, 2.75) is 38.5 Å². The molecule has 2 N–H and O–H groups in total. The summed E-state index contributed by atoms with van der Waals surface area (Å²) in [4.78, 5) is 18.3. The first-order valence-electron chi connectivity index (χ1n) is 11.3. The van der Waals surface area contributed by atoms with Crippen molar-refractivity contribution >= 4 is 40.3 Å². The topological polar surface area (TPSA) is 49.6 Å². The Morgan fingerprint density at radius 3 is 2.20 bits per heavy atom. The van der Waals surface area contributed by atoms with Crippen molar-refractivity contribution in [3.8, 4) is 0 Å². The van der Waals surface area contributed by atoms with Crippen molar-refractivity contribution in [2.24, 2.45) is 23.2 Å². The van der Waals surface area contributed by atoms with Crippen LogP contribution in [-0.4, -0.2) is 19.0 Å².